The summed E-state index contributed by atoms with van der Waals surface area (Å²) in [5.74, 6) is -2.70. The number of hydrogen-bond donors (Lipinski definition) is 2. The quantitative estimate of drug-likeness (QED) is 0.305. The standard InChI is InChI=1S/C27H33N7O4.C2HF3O2/c1-16-9-17(7-8-18(16)11-28-24(35)25-31-26(32-38-25)27(2,3)4)23-20-10-19(12-34(20)30-15-29-23)33-13-21(36-5)22(14-33)37-6;3-2(4,5)1(6)7/h7-10,12,15,21-22H,11,13-14H2,1-6H3,(H,28,35);(H,6,7). The molecule has 2 atom stereocenters. The SMILES string of the molecule is COC1CN(c2cc3c(-c4ccc(CNC(=O)c5nc(C(C)(C)C)no5)c(C)c4)ncnn3c2)CC1OC.O=C(O)C(F)(F)F. The Bertz CT molecular complexity index is 1650. The molecule has 13 nitrogen and oxygen atoms in total. The lowest BCUT2D eigenvalue weighted by atomic mass is 9.96. The summed E-state index contributed by atoms with van der Waals surface area (Å²) in [5.41, 5.74) is 5.45. The van der Waals surface area contributed by atoms with Crippen molar-refractivity contribution in [1.29, 1.82) is 0 Å². The largest absolute Gasteiger partial charge is 0.490 e. The van der Waals surface area contributed by atoms with Crippen LogP contribution in [-0.4, -0.2) is 87.4 Å². The molecule has 3 aromatic heterocycles. The molecule has 16 heteroatoms. The topological polar surface area (TPSA) is 157 Å². The zero-order chi connectivity index (χ0) is 33.1. The number of nitrogens with zero attached hydrogens (tertiary/aromatic N) is 6. The van der Waals surface area contributed by atoms with Gasteiger partial charge in [-0.1, -0.05) is 38.1 Å². The van der Waals surface area contributed by atoms with Gasteiger partial charge in [-0.3, -0.25) is 4.79 Å². The molecule has 45 heavy (non-hydrogen) atoms. The number of hydrogen-bond acceptors (Lipinski definition) is 10. The van der Waals surface area contributed by atoms with E-state index in [1.807, 2.05) is 50.5 Å². The predicted octanol–water partition coefficient (Wildman–Crippen LogP) is 3.80. The second-order valence-electron chi connectivity index (χ2n) is 11.4. The molecule has 1 aliphatic heterocycles. The molecule has 1 amide bonds. The van der Waals surface area contributed by atoms with Crippen LogP contribution in [0.5, 0.6) is 0 Å². The van der Waals surface area contributed by atoms with E-state index in [9.17, 15) is 18.0 Å². The Morgan fingerprint density at radius 3 is 2.29 bits per heavy atom. The molecule has 4 aromatic rings. The van der Waals surface area contributed by atoms with Crippen molar-refractivity contribution < 1.29 is 41.9 Å². The fourth-order valence-corrected chi connectivity index (χ4v) is 4.63. The Labute approximate surface area is 256 Å². The number of nitrogens with one attached hydrogen (secondary N) is 1. The number of aryl methyl sites for hydroxylation is 1. The van der Waals surface area contributed by atoms with Crippen molar-refractivity contribution in [1.82, 2.24) is 30.1 Å². The zero-order valence-electron chi connectivity index (χ0n) is 25.5. The van der Waals surface area contributed by atoms with Crippen molar-refractivity contribution in [3.8, 4) is 11.3 Å². The molecule has 1 fully saturated rings. The molecular formula is C29H34F3N7O6. The van der Waals surface area contributed by atoms with Crippen LogP contribution in [-0.2, 0) is 26.2 Å². The van der Waals surface area contributed by atoms with Crippen molar-refractivity contribution in [2.45, 2.75) is 58.0 Å². The second-order valence-corrected chi connectivity index (χ2v) is 11.4. The van der Waals surface area contributed by atoms with Gasteiger partial charge in [-0.15, -0.1) is 0 Å². The minimum atomic E-state index is -5.08. The van der Waals surface area contributed by atoms with Gasteiger partial charge >= 0.3 is 23.9 Å². The van der Waals surface area contributed by atoms with Gasteiger partial charge in [0.25, 0.3) is 0 Å². The minimum Gasteiger partial charge on any atom is -0.475 e. The predicted molar refractivity (Wildman–Crippen MR) is 155 cm³/mol. The second kappa shape index (κ2) is 13.2. The number of carbonyl (C=O) groups is 2. The molecule has 242 valence electrons. The summed E-state index contributed by atoms with van der Waals surface area (Å²) in [7, 11) is 3.43. The van der Waals surface area contributed by atoms with Crippen LogP contribution in [0.25, 0.3) is 16.8 Å². The molecule has 0 bridgehead atoms. The third kappa shape index (κ3) is 7.75. The highest BCUT2D eigenvalue weighted by atomic mass is 19.4. The summed E-state index contributed by atoms with van der Waals surface area (Å²) in [6.07, 6.45) is -1.48. The van der Waals surface area contributed by atoms with Crippen molar-refractivity contribution in [2.24, 2.45) is 0 Å². The summed E-state index contributed by atoms with van der Waals surface area (Å²) in [5, 5.41) is 18.3. The van der Waals surface area contributed by atoms with Crippen LogP contribution < -0.4 is 10.2 Å². The maximum atomic E-state index is 12.5. The fourth-order valence-electron chi connectivity index (χ4n) is 4.63. The molecule has 0 aliphatic carbocycles. The number of rotatable bonds is 7. The molecule has 1 aliphatic rings. The van der Waals surface area contributed by atoms with Crippen LogP contribution in [0.1, 0.15) is 48.4 Å². The van der Waals surface area contributed by atoms with Gasteiger partial charge in [-0.25, -0.2) is 14.3 Å². The van der Waals surface area contributed by atoms with Gasteiger partial charge in [-0.2, -0.15) is 23.3 Å². The third-order valence-electron chi connectivity index (χ3n) is 7.17. The molecule has 0 spiro atoms. The van der Waals surface area contributed by atoms with Gasteiger partial charge in [0.15, 0.2) is 5.82 Å². The highest BCUT2D eigenvalue weighted by molar-refractivity contribution is 5.89. The van der Waals surface area contributed by atoms with Crippen molar-refractivity contribution >= 4 is 23.1 Å². The molecule has 2 unspecified atom stereocenters. The molecule has 0 saturated carbocycles. The average molecular weight is 634 g/mol. The molecule has 1 saturated heterocycles. The summed E-state index contributed by atoms with van der Waals surface area (Å²) in [6, 6.07) is 8.17. The monoisotopic (exact) mass is 633 g/mol. The van der Waals surface area contributed by atoms with E-state index in [1.54, 1.807) is 20.5 Å². The van der Waals surface area contributed by atoms with Gasteiger partial charge in [0.2, 0.25) is 0 Å². The first kappa shape index (κ1) is 33.3. The number of halogens is 3. The maximum Gasteiger partial charge on any atom is 0.490 e. The normalized spacial score (nSPS) is 16.9. The molecule has 1 aromatic carbocycles. The van der Waals surface area contributed by atoms with Gasteiger partial charge in [0.05, 0.1) is 23.1 Å². The van der Waals surface area contributed by atoms with Crippen LogP contribution in [0.4, 0.5) is 18.9 Å². The van der Waals surface area contributed by atoms with Crippen LogP contribution in [0.15, 0.2) is 41.3 Å². The summed E-state index contributed by atoms with van der Waals surface area (Å²) < 4.78 is 49.9. The van der Waals surface area contributed by atoms with Crippen molar-refractivity contribution in [3.05, 3.63) is 59.6 Å². The number of aliphatic carboxylic acids is 1. The maximum absolute atomic E-state index is 12.5. The van der Waals surface area contributed by atoms with Crippen LogP contribution >= 0.6 is 0 Å². The number of methoxy groups -OCH3 is 2. The van der Waals surface area contributed by atoms with Gasteiger partial charge in [-0.05, 0) is 30.2 Å². The lowest BCUT2D eigenvalue weighted by Gasteiger charge is -2.15. The van der Waals surface area contributed by atoms with Crippen LogP contribution in [0.2, 0.25) is 0 Å². The number of carbonyl (C=O) groups excluding carboxylic acids is 1. The number of carboxylic acids is 1. The Kier molecular flexibility index (Phi) is 9.77. The fraction of sp³-hybridized carbons (Fsp3) is 0.448. The Balaban J connectivity index is 0.000000591. The van der Waals surface area contributed by atoms with Crippen molar-refractivity contribution in [2.75, 3.05) is 32.2 Å². The number of aromatic nitrogens is 5. The van der Waals surface area contributed by atoms with Gasteiger partial charge in [0, 0.05) is 44.8 Å². The van der Waals surface area contributed by atoms with E-state index in [1.165, 1.54) is 0 Å². The van der Waals surface area contributed by atoms with Gasteiger partial charge in [0.1, 0.15) is 18.5 Å². The van der Waals surface area contributed by atoms with Gasteiger partial charge < -0.3 is 29.3 Å². The average Bonchev–Trinajstić information content (AvgIpc) is 3.73. The Morgan fingerprint density at radius 2 is 1.76 bits per heavy atom. The molecule has 0 radical (unpaired) electrons. The van der Waals surface area contributed by atoms with Crippen molar-refractivity contribution in [3.63, 3.8) is 0 Å². The number of fused-ring (bicyclic) bond motifs is 1. The number of carboxylic acid groups (broad SMARTS) is 1. The van der Waals surface area contributed by atoms with Crippen LogP contribution in [0.3, 0.4) is 0 Å². The number of anilines is 1. The highest BCUT2D eigenvalue weighted by Gasteiger charge is 2.38. The summed E-state index contributed by atoms with van der Waals surface area (Å²) in [4.78, 5) is 32.5. The lowest BCUT2D eigenvalue weighted by Crippen LogP contribution is -2.27. The first-order valence-electron chi connectivity index (χ1n) is 13.8. The molecule has 4 heterocycles. The first-order chi connectivity index (χ1) is 21.1. The number of alkyl halides is 3. The van der Waals surface area contributed by atoms with E-state index < -0.39 is 18.1 Å². The third-order valence-corrected chi connectivity index (χ3v) is 7.17. The lowest BCUT2D eigenvalue weighted by molar-refractivity contribution is -0.192. The van der Waals surface area contributed by atoms with E-state index in [0.29, 0.717) is 12.4 Å². The number of amides is 1. The molecule has 2 N–H and O–H groups in total. The molecular weight excluding hydrogens is 599 g/mol. The zero-order valence-corrected chi connectivity index (χ0v) is 25.5. The van der Waals surface area contributed by atoms with E-state index >= 15 is 0 Å². The number of benzene rings is 1. The van der Waals surface area contributed by atoms with E-state index in [0.717, 1.165) is 46.7 Å². The summed E-state index contributed by atoms with van der Waals surface area (Å²) >= 11 is 0. The smallest absolute Gasteiger partial charge is 0.475 e. The van der Waals surface area contributed by atoms with E-state index in [2.05, 4.69) is 42.6 Å². The van der Waals surface area contributed by atoms with Crippen LogP contribution in [0, 0.1) is 6.92 Å². The Morgan fingerprint density at radius 1 is 1.11 bits per heavy atom. The minimum absolute atomic E-state index is 0.0182. The van der Waals surface area contributed by atoms with E-state index in [-0.39, 0.29) is 23.5 Å². The molecule has 5 rings (SSSR count). The Hall–Kier alpha value is -4.57. The number of ether oxygens (including phenoxy) is 2. The first-order valence-corrected chi connectivity index (χ1v) is 13.8. The summed E-state index contributed by atoms with van der Waals surface area (Å²) in [6.45, 7) is 9.73. The van der Waals surface area contributed by atoms with E-state index in [4.69, 9.17) is 23.9 Å². The highest BCUT2D eigenvalue weighted by Crippen LogP contribution is 2.30.